The van der Waals surface area contributed by atoms with Gasteiger partial charge in [-0.25, -0.2) is 0 Å². The second-order valence-electron chi connectivity index (χ2n) is 18.1. The molecule has 0 saturated heterocycles. The van der Waals surface area contributed by atoms with Gasteiger partial charge in [-0.05, 0) is 103 Å². The average molecular weight is 956 g/mol. The van der Waals surface area contributed by atoms with Crippen LogP contribution in [-0.2, 0) is 28.6 Å². The molecule has 0 bridgehead atoms. The first-order chi connectivity index (χ1) is 34.0. The Labute approximate surface area is 424 Å². The summed E-state index contributed by atoms with van der Waals surface area (Å²) < 4.78 is 16.8. The Morgan fingerprint density at radius 3 is 0.928 bits per heavy atom. The molecule has 0 aromatic heterocycles. The van der Waals surface area contributed by atoms with Crippen LogP contribution in [0.15, 0.2) is 122 Å². The Morgan fingerprint density at radius 2 is 0.580 bits per heavy atom. The van der Waals surface area contributed by atoms with Crippen molar-refractivity contribution in [3.8, 4) is 0 Å². The van der Waals surface area contributed by atoms with Crippen LogP contribution in [-0.4, -0.2) is 37.2 Å². The molecule has 0 spiro atoms. The molecule has 0 aliphatic carbocycles. The summed E-state index contributed by atoms with van der Waals surface area (Å²) in [5, 5.41) is 0. The van der Waals surface area contributed by atoms with Gasteiger partial charge in [-0.15, -0.1) is 0 Å². The third-order valence-corrected chi connectivity index (χ3v) is 11.5. The fraction of sp³-hybridized carbons (Fsp3) is 0.635. The number of allylic oxidation sites excluding steroid dienone is 20. The lowest BCUT2D eigenvalue weighted by Crippen LogP contribution is -2.30. The van der Waals surface area contributed by atoms with Crippen LogP contribution in [0.1, 0.15) is 239 Å². The van der Waals surface area contributed by atoms with Gasteiger partial charge in [0.25, 0.3) is 0 Å². The Balaban J connectivity index is 4.55. The first-order valence-electron chi connectivity index (χ1n) is 28.0. The highest BCUT2D eigenvalue weighted by Crippen LogP contribution is 2.15. The molecule has 0 N–H and O–H groups in total. The van der Waals surface area contributed by atoms with Gasteiger partial charge in [0.15, 0.2) is 6.10 Å². The topological polar surface area (TPSA) is 78.9 Å². The van der Waals surface area contributed by atoms with Crippen molar-refractivity contribution >= 4 is 17.9 Å². The van der Waals surface area contributed by atoms with E-state index in [-0.39, 0.29) is 37.5 Å². The molecule has 0 amide bonds. The van der Waals surface area contributed by atoms with E-state index in [2.05, 4.69) is 142 Å². The maximum Gasteiger partial charge on any atom is 0.306 e. The lowest BCUT2D eigenvalue weighted by Gasteiger charge is -2.18. The lowest BCUT2D eigenvalue weighted by atomic mass is 10.0. The number of unbranched alkanes of at least 4 members (excludes halogenated alkanes) is 18. The van der Waals surface area contributed by atoms with Gasteiger partial charge in [0.1, 0.15) is 13.2 Å². The number of carbonyl (C=O) groups is 3. The smallest absolute Gasteiger partial charge is 0.306 e. The van der Waals surface area contributed by atoms with Gasteiger partial charge in [0.2, 0.25) is 0 Å². The van der Waals surface area contributed by atoms with Gasteiger partial charge in [0, 0.05) is 19.3 Å². The van der Waals surface area contributed by atoms with Crippen LogP contribution in [0, 0.1) is 0 Å². The third kappa shape index (κ3) is 54.6. The van der Waals surface area contributed by atoms with E-state index in [0.29, 0.717) is 19.3 Å². The first-order valence-corrected chi connectivity index (χ1v) is 28.0. The van der Waals surface area contributed by atoms with Crippen LogP contribution < -0.4 is 0 Å². The Bertz CT molecular complexity index is 1470. The quantitative estimate of drug-likeness (QED) is 0.0262. The van der Waals surface area contributed by atoms with Gasteiger partial charge >= 0.3 is 17.9 Å². The number of hydrogen-bond acceptors (Lipinski definition) is 6. The molecule has 390 valence electrons. The molecule has 0 rings (SSSR count). The number of esters is 3. The maximum absolute atomic E-state index is 12.8. The molecule has 0 fully saturated rings. The minimum absolute atomic E-state index is 0.112. The summed E-state index contributed by atoms with van der Waals surface area (Å²) in [5.41, 5.74) is 0. The summed E-state index contributed by atoms with van der Waals surface area (Å²) in [5.74, 6) is -1.01. The highest BCUT2D eigenvalue weighted by atomic mass is 16.6. The highest BCUT2D eigenvalue weighted by molar-refractivity contribution is 5.71. The summed E-state index contributed by atoms with van der Waals surface area (Å²) in [4.78, 5) is 38.1. The Kier molecular flexibility index (Phi) is 53.0. The van der Waals surface area contributed by atoms with Crippen molar-refractivity contribution in [2.75, 3.05) is 13.2 Å². The van der Waals surface area contributed by atoms with Crippen molar-refractivity contribution in [2.24, 2.45) is 0 Å². The van der Waals surface area contributed by atoms with E-state index in [1.807, 2.05) is 0 Å². The molecule has 6 heteroatoms. The molecule has 0 aromatic rings. The maximum atomic E-state index is 12.8. The predicted molar refractivity (Wildman–Crippen MR) is 297 cm³/mol. The third-order valence-electron chi connectivity index (χ3n) is 11.5. The summed E-state index contributed by atoms with van der Waals surface area (Å²) in [6, 6.07) is 0. The zero-order valence-corrected chi connectivity index (χ0v) is 44.5. The summed E-state index contributed by atoms with van der Waals surface area (Å²) in [6.07, 6.45) is 77.6. The zero-order valence-electron chi connectivity index (χ0n) is 44.5. The highest BCUT2D eigenvalue weighted by Gasteiger charge is 2.19. The molecule has 0 radical (unpaired) electrons. The predicted octanol–water partition coefficient (Wildman–Crippen LogP) is 18.9. The van der Waals surface area contributed by atoms with Crippen molar-refractivity contribution < 1.29 is 28.6 Å². The van der Waals surface area contributed by atoms with E-state index in [9.17, 15) is 14.4 Å². The van der Waals surface area contributed by atoms with E-state index >= 15 is 0 Å². The minimum Gasteiger partial charge on any atom is -0.462 e. The van der Waals surface area contributed by atoms with Gasteiger partial charge in [-0.3, -0.25) is 14.4 Å². The Hall–Kier alpha value is -4.19. The van der Waals surface area contributed by atoms with Crippen molar-refractivity contribution in [1.29, 1.82) is 0 Å². The molecular weight excluding hydrogens is 853 g/mol. The van der Waals surface area contributed by atoms with Crippen LogP contribution in [0.2, 0.25) is 0 Å². The monoisotopic (exact) mass is 955 g/mol. The van der Waals surface area contributed by atoms with E-state index in [0.717, 1.165) is 116 Å². The normalized spacial score (nSPS) is 13.0. The fourth-order valence-electron chi connectivity index (χ4n) is 7.33. The lowest BCUT2D eigenvalue weighted by molar-refractivity contribution is -0.167. The van der Waals surface area contributed by atoms with E-state index in [1.54, 1.807) is 0 Å². The van der Waals surface area contributed by atoms with Crippen LogP contribution >= 0.6 is 0 Å². The van der Waals surface area contributed by atoms with Crippen LogP contribution in [0.25, 0.3) is 0 Å². The van der Waals surface area contributed by atoms with Gasteiger partial charge in [-0.2, -0.15) is 0 Å². The molecule has 0 aliphatic heterocycles. The van der Waals surface area contributed by atoms with Gasteiger partial charge in [-0.1, -0.05) is 239 Å². The largest absolute Gasteiger partial charge is 0.462 e. The van der Waals surface area contributed by atoms with E-state index in [4.69, 9.17) is 14.2 Å². The molecule has 0 aliphatic rings. The summed E-state index contributed by atoms with van der Waals surface area (Å²) >= 11 is 0. The van der Waals surface area contributed by atoms with Crippen LogP contribution in [0.4, 0.5) is 0 Å². The van der Waals surface area contributed by atoms with E-state index < -0.39 is 6.10 Å². The molecule has 69 heavy (non-hydrogen) atoms. The molecule has 6 nitrogen and oxygen atoms in total. The first kappa shape index (κ1) is 64.8. The van der Waals surface area contributed by atoms with Crippen molar-refractivity contribution in [3.63, 3.8) is 0 Å². The summed E-state index contributed by atoms with van der Waals surface area (Å²) in [6.45, 7) is 6.34. The molecule has 0 saturated carbocycles. The van der Waals surface area contributed by atoms with Crippen LogP contribution in [0.5, 0.6) is 0 Å². The molecule has 0 aromatic carbocycles. The average Bonchev–Trinajstić information content (AvgIpc) is 3.35. The molecule has 1 atom stereocenters. The zero-order chi connectivity index (χ0) is 50.0. The van der Waals surface area contributed by atoms with Crippen molar-refractivity contribution in [2.45, 2.75) is 245 Å². The minimum atomic E-state index is -0.824. The standard InChI is InChI=1S/C63H102O6/c1-4-7-10-13-16-19-22-25-28-30-31-33-35-38-41-44-47-50-53-56-62(65)68-59-60(58-67-61(64)55-52-49-46-43-40-37-34-27-24-21-18-15-12-9-6-3)69-63(66)57-54-51-48-45-42-39-36-32-29-26-23-20-17-14-11-8-5-2/h7-8,10-11,16-17,19-20,25-26,28-29,31,33,36,38-39,41,45,48,60H,4-6,9,12-15,18,21-24,27,30,32,34-35,37,40,42-44,46-47,49-59H2,1-3H3/b10-7-,11-8-,19-16-,20-17-,28-25-,29-26-,33-31-,39-36-,41-38-,48-45-. The summed E-state index contributed by atoms with van der Waals surface area (Å²) in [7, 11) is 0. The number of carbonyl (C=O) groups excluding carboxylic acids is 3. The molecular formula is C63H102O6. The molecule has 1 unspecified atom stereocenters. The van der Waals surface area contributed by atoms with E-state index in [1.165, 1.54) is 77.0 Å². The second-order valence-corrected chi connectivity index (χ2v) is 18.1. The SMILES string of the molecule is CC/C=C\C/C=C\C/C=C\C/C=C\C/C=C\CCCCCC(=O)OCC(COC(=O)CCCCCCCCCCCCCCCCC)OC(=O)CCC/C=C\C/C=C\C/C=C\C/C=C\C/C=C\CC. The Morgan fingerprint density at radius 1 is 0.304 bits per heavy atom. The van der Waals surface area contributed by atoms with Crippen molar-refractivity contribution in [3.05, 3.63) is 122 Å². The molecule has 0 heterocycles. The number of rotatable bonds is 49. The number of ether oxygens (including phenoxy) is 3. The van der Waals surface area contributed by atoms with Gasteiger partial charge < -0.3 is 14.2 Å². The van der Waals surface area contributed by atoms with Crippen LogP contribution in [0.3, 0.4) is 0 Å². The number of hydrogen-bond donors (Lipinski definition) is 0. The fourth-order valence-corrected chi connectivity index (χ4v) is 7.33. The van der Waals surface area contributed by atoms with Gasteiger partial charge in [0.05, 0.1) is 0 Å². The second kappa shape index (κ2) is 56.4. The van der Waals surface area contributed by atoms with Crippen molar-refractivity contribution in [1.82, 2.24) is 0 Å².